The van der Waals surface area contributed by atoms with Crippen LogP contribution >= 0.6 is 70.4 Å². The molecule has 134 valence electrons. The summed E-state index contributed by atoms with van der Waals surface area (Å²) in [6, 6.07) is 8.44. The predicted octanol–water partition coefficient (Wildman–Crippen LogP) is 6.37. The molecule has 0 atom stereocenters. The van der Waals surface area contributed by atoms with Gasteiger partial charge in [-0.25, -0.2) is 0 Å². The Kier molecular flexibility index (Phi) is 6.38. The lowest BCUT2D eigenvalue weighted by atomic mass is 10.1. The second kappa shape index (κ2) is 8.38. The fraction of sp³-hybridized carbons (Fsp3) is 0.0588. The average molecular weight is 465 g/mol. The highest BCUT2D eigenvalue weighted by Gasteiger charge is 2.23. The van der Waals surface area contributed by atoms with E-state index >= 15 is 0 Å². The Morgan fingerprint density at radius 1 is 1.08 bits per heavy atom. The highest BCUT2D eigenvalue weighted by atomic mass is 35.5. The molecule has 0 bridgehead atoms. The van der Waals surface area contributed by atoms with Gasteiger partial charge in [0.1, 0.15) is 16.7 Å². The van der Waals surface area contributed by atoms with E-state index in [-0.39, 0.29) is 12.5 Å². The number of thiocarbonyl (C=S) groups is 1. The van der Waals surface area contributed by atoms with Crippen LogP contribution < -0.4 is 10.1 Å². The van der Waals surface area contributed by atoms with Crippen molar-refractivity contribution in [2.45, 2.75) is 6.61 Å². The topological polar surface area (TPSA) is 38.3 Å². The van der Waals surface area contributed by atoms with Crippen molar-refractivity contribution in [2.75, 3.05) is 0 Å². The molecule has 3 rings (SSSR count). The third kappa shape index (κ3) is 4.66. The maximum Gasteiger partial charge on any atom is 0.263 e. The summed E-state index contributed by atoms with van der Waals surface area (Å²) in [5.41, 5.74) is 1.39. The number of hydrogen-bond donors (Lipinski definition) is 1. The van der Waals surface area contributed by atoms with Gasteiger partial charge in [-0.15, -0.1) is 0 Å². The van der Waals surface area contributed by atoms with Gasteiger partial charge in [0, 0.05) is 10.6 Å². The van der Waals surface area contributed by atoms with Gasteiger partial charge >= 0.3 is 0 Å². The van der Waals surface area contributed by atoms with Gasteiger partial charge in [-0.3, -0.25) is 4.79 Å². The van der Waals surface area contributed by atoms with E-state index in [9.17, 15) is 4.79 Å². The molecule has 0 radical (unpaired) electrons. The number of benzene rings is 2. The van der Waals surface area contributed by atoms with E-state index in [2.05, 4.69) is 5.32 Å². The van der Waals surface area contributed by atoms with Crippen LogP contribution in [0.4, 0.5) is 0 Å². The molecule has 1 heterocycles. The number of carbonyl (C=O) groups is 1. The summed E-state index contributed by atoms with van der Waals surface area (Å²) in [5.74, 6) is 0.132. The molecule has 2 aromatic rings. The minimum atomic E-state index is -0.272. The van der Waals surface area contributed by atoms with E-state index in [0.29, 0.717) is 40.6 Å². The van der Waals surface area contributed by atoms with Gasteiger partial charge in [0.05, 0.1) is 20.0 Å². The summed E-state index contributed by atoms with van der Waals surface area (Å²) in [5, 5.41) is 4.21. The van der Waals surface area contributed by atoms with E-state index in [1.165, 1.54) is 11.8 Å². The summed E-state index contributed by atoms with van der Waals surface area (Å²) < 4.78 is 6.26. The Labute approximate surface area is 179 Å². The largest absolute Gasteiger partial charge is 0.487 e. The molecule has 1 aliphatic rings. The number of halogens is 4. The predicted molar refractivity (Wildman–Crippen MR) is 114 cm³/mol. The number of hydrogen-bond acceptors (Lipinski definition) is 4. The van der Waals surface area contributed by atoms with Crippen LogP contribution in [0.2, 0.25) is 20.1 Å². The maximum atomic E-state index is 11.9. The highest BCUT2D eigenvalue weighted by Crippen LogP contribution is 2.37. The summed E-state index contributed by atoms with van der Waals surface area (Å²) in [7, 11) is 0. The van der Waals surface area contributed by atoms with E-state index < -0.39 is 0 Å². The molecule has 0 saturated carbocycles. The van der Waals surface area contributed by atoms with Crippen molar-refractivity contribution in [3.63, 3.8) is 0 Å². The zero-order valence-electron chi connectivity index (χ0n) is 12.8. The van der Waals surface area contributed by atoms with Gasteiger partial charge in [-0.1, -0.05) is 76.4 Å². The SMILES string of the molecule is O=C1NC(=S)S/C1=C\c1cc(Cl)cc(Cl)c1OCc1ccc(Cl)c(Cl)c1. The third-order valence-corrected chi connectivity index (χ3v) is 5.73. The van der Waals surface area contributed by atoms with Crippen molar-refractivity contribution in [2.24, 2.45) is 0 Å². The molecule has 1 aliphatic heterocycles. The van der Waals surface area contributed by atoms with Gasteiger partial charge in [0.25, 0.3) is 5.91 Å². The second-order valence-electron chi connectivity index (χ2n) is 5.20. The van der Waals surface area contributed by atoms with Crippen LogP contribution in [-0.2, 0) is 11.4 Å². The number of ether oxygens (including phenoxy) is 1. The Balaban J connectivity index is 1.91. The van der Waals surface area contributed by atoms with E-state index in [0.717, 1.165) is 5.56 Å². The molecular formula is C17H9Cl4NO2S2. The monoisotopic (exact) mass is 463 g/mol. The third-order valence-electron chi connectivity index (χ3n) is 3.33. The Bertz CT molecular complexity index is 947. The lowest BCUT2D eigenvalue weighted by molar-refractivity contribution is -0.115. The standard InChI is InChI=1S/C17H9Cl4NO2S2/c18-10-4-9(5-14-16(23)22-17(25)26-14)15(13(21)6-10)24-7-8-1-2-11(19)12(20)3-8/h1-6H,7H2,(H,22,23,25)/b14-5-. The number of carbonyl (C=O) groups excluding carboxylic acids is 1. The van der Waals surface area contributed by atoms with Crippen LogP contribution in [0, 0.1) is 0 Å². The Morgan fingerprint density at radius 2 is 1.85 bits per heavy atom. The molecule has 0 aliphatic carbocycles. The Hall–Kier alpha value is -0.950. The zero-order valence-corrected chi connectivity index (χ0v) is 17.5. The Morgan fingerprint density at radius 3 is 2.50 bits per heavy atom. The molecule has 1 fully saturated rings. The van der Waals surface area contributed by atoms with Gasteiger partial charge in [-0.2, -0.15) is 0 Å². The van der Waals surface area contributed by atoms with Crippen molar-refractivity contribution in [1.82, 2.24) is 5.32 Å². The first kappa shape index (κ1) is 19.8. The molecule has 1 saturated heterocycles. The first-order valence-corrected chi connectivity index (χ1v) is 9.88. The molecule has 0 aromatic heterocycles. The normalized spacial score (nSPS) is 15.5. The van der Waals surface area contributed by atoms with Crippen LogP contribution in [0.3, 0.4) is 0 Å². The molecule has 9 heteroatoms. The first-order valence-electron chi connectivity index (χ1n) is 7.14. The second-order valence-corrected chi connectivity index (χ2v) is 8.57. The number of nitrogens with one attached hydrogen (secondary N) is 1. The highest BCUT2D eigenvalue weighted by molar-refractivity contribution is 8.26. The van der Waals surface area contributed by atoms with Crippen molar-refractivity contribution in [3.05, 3.63) is 66.5 Å². The summed E-state index contributed by atoms with van der Waals surface area (Å²) in [4.78, 5) is 12.3. The lowest BCUT2D eigenvalue weighted by Gasteiger charge is -2.13. The van der Waals surface area contributed by atoms with Gasteiger partial charge in [0.15, 0.2) is 0 Å². The molecular weight excluding hydrogens is 456 g/mol. The maximum absolute atomic E-state index is 11.9. The quantitative estimate of drug-likeness (QED) is 0.421. The number of amides is 1. The summed E-state index contributed by atoms with van der Waals surface area (Å²) >= 11 is 30.5. The first-order chi connectivity index (χ1) is 12.3. The van der Waals surface area contributed by atoms with Crippen molar-refractivity contribution in [1.29, 1.82) is 0 Å². The van der Waals surface area contributed by atoms with Crippen LogP contribution in [0.15, 0.2) is 35.2 Å². The lowest BCUT2D eigenvalue weighted by Crippen LogP contribution is -2.17. The molecule has 3 nitrogen and oxygen atoms in total. The summed E-state index contributed by atoms with van der Waals surface area (Å²) in [6.07, 6.45) is 1.64. The minimum Gasteiger partial charge on any atom is -0.487 e. The van der Waals surface area contributed by atoms with Crippen molar-refractivity contribution < 1.29 is 9.53 Å². The molecule has 1 amide bonds. The van der Waals surface area contributed by atoms with Crippen LogP contribution in [-0.4, -0.2) is 10.2 Å². The number of thioether (sulfide) groups is 1. The number of rotatable bonds is 4. The fourth-order valence-corrected chi connectivity index (χ4v) is 4.11. The van der Waals surface area contributed by atoms with Crippen LogP contribution in [0.5, 0.6) is 5.75 Å². The van der Waals surface area contributed by atoms with E-state index in [1.54, 1.807) is 36.4 Å². The molecule has 26 heavy (non-hydrogen) atoms. The molecule has 0 unspecified atom stereocenters. The van der Waals surface area contributed by atoms with E-state index in [1.807, 2.05) is 0 Å². The van der Waals surface area contributed by atoms with Crippen molar-refractivity contribution in [3.8, 4) is 5.75 Å². The van der Waals surface area contributed by atoms with Crippen LogP contribution in [0.1, 0.15) is 11.1 Å². The minimum absolute atomic E-state index is 0.214. The van der Waals surface area contributed by atoms with E-state index in [4.69, 9.17) is 63.4 Å². The molecule has 1 N–H and O–H groups in total. The molecule has 2 aromatic carbocycles. The van der Waals surface area contributed by atoms with Gasteiger partial charge in [0.2, 0.25) is 0 Å². The smallest absolute Gasteiger partial charge is 0.263 e. The van der Waals surface area contributed by atoms with Crippen LogP contribution in [0.25, 0.3) is 6.08 Å². The van der Waals surface area contributed by atoms with Crippen molar-refractivity contribution >= 4 is 86.7 Å². The fourth-order valence-electron chi connectivity index (χ4n) is 2.19. The summed E-state index contributed by atoms with van der Waals surface area (Å²) in [6.45, 7) is 0.214. The zero-order chi connectivity index (χ0) is 18.8. The van der Waals surface area contributed by atoms with Gasteiger partial charge < -0.3 is 10.1 Å². The molecule has 0 spiro atoms. The average Bonchev–Trinajstić information content (AvgIpc) is 2.87. The van der Waals surface area contributed by atoms with Gasteiger partial charge in [-0.05, 0) is 35.9 Å².